The van der Waals surface area contributed by atoms with Crippen LogP contribution < -0.4 is 10.1 Å². The number of nitrogens with one attached hydrogen (secondary N) is 1. The summed E-state index contributed by atoms with van der Waals surface area (Å²) in [5, 5.41) is 2.38. The smallest absolute Gasteiger partial charge is 0.258 e. The molecule has 1 fully saturated rings. The number of methoxy groups -OCH3 is 1. The summed E-state index contributed by atoms with van der Waals surface area (Å²) < 4.78 is 64.6. The minimum absolute atomic E-state index is 0.0984. The fourth-order valence-corrected chi connectivity index (χ4v) is 4.34. The second-order valence-electron chi connectivity index (χ2n) is 5.96. The zero-order valence-electron chi connectivity index (χ0n) is 14.9. The Labute approximate surface area is 160 Å². The third kappa shape index (κ3) is 4.13. The first-order valence-electron chi connectivity index (χ1n) is 8.35. The number of carbonyl (C=O) groups excluding carboxylic acids is 1. The van der Waals surface area contributed by atoms with Gasteiger partial charge in [0.05, 0.1) is 25.9 Å². The SMILES string of the molecule is COc1ccc(NC(=O)c2cc(F)ccc2F)cc1S(=O)(=O)N1CCOCC1. The first kappa shape index (κ1) is 20.2. The Kier molecular flexibility index (Phi) is 5.92. The van der Waals surface area contributed by atoms with Crippen LogP contribution in [0.2, 0.25) is 0 Å². The third-order valence-corrected chi connectivity index (χ3v) is 6.10. The molecule has 0 unspecified atom stereocenters. The molecular formula is C18H18F2N2O5S. The van der Waals surface area contributed by atoms with E-state index in [1.807, 2.05) is 0 Å². The molecule has 1 aliphatic heterocycles. The normalized spacial score (nSPS) is 15.2. The second-order valence-corrected chi connectivity index (χ2v) is 7.87. The molecule has 1 N–H and O–H groups in total. The molecule has 0 aromatic heterocycles. The van der Waals surface area contributed by atoms with E-state index in [9.17, 15) is 22.0 Å². The Bertz CT molecular complexity index is 991. The highest BCUT2D eigenvalue weighted by Crippen LogP contribution is 2.30. The lowest BCUT2D eigenvalue weighted by Crippen LogP contribution is -2.40. The van der Waals surface area contributed by atoms with Crippen LogP contribution in [-0.2, 0) is 14.8 Å². The van der Waals surface area contributed by atoms with Gasteiger partial charge in [-0.3, -0.25) is 4.79 Å². The van der Waals surface area contributed by atoms with Crippen molar-refractivity contribution in [1.82, 2.24) is 4.31 Å². The van der Waals surface area contributed by atoms with Crippen molar-refractivity contribution < 1.29 is 31.5 Å². The van der Waals surface area contributed by atoms with Crippen LogP contribution in [0.1, 0.15) is 10.4 Å². The van der Waals surface area contributed by atoms with E-state index in [-0.39, 0.29) is 42.6 Å². The minimum atomic E-state index is -3.90. The summed E-state index contributed by atoms with van der Waals surface area (Å²) in [5.41, 5.74) is -0.394. The highest BCUT2D eigenvalue weighted by atomic mass is 32.2. The van der Waals surface area contributed by atoms with E-state index >= 15 is 0 Å². The Morgan fingerprint density at radius 1 is 1.14 bits per heavy atom. The molecule has 7 nitrogen and oxygen atoms in total. The van der Waals surface area contributed by atoms with Crippen molar-refractivity contribution in [3.05, 3.63) is 53.6 Å². The number of amides is 1. The predicted molar refractivity (Wildman–Crippen MR) is 96.9 cm³/mol. The van der Waals surface area contributed by atoms with Crippen molar-refractivity contribution in [2.24, 2.45) is 0 Å². The van der Waals surface area contributed by atoms with Gasteiger partial charge in [0.2, 0.25) is 10.0 Å². The molecule has 1 amide bonds. The fourth-order valence-electron chi connectivity index (χ4n) is 2.75. The number of hydrogen-bond donors (Lipinski definition) is 1. The molecule has 28 heavy (non-hydrogen) atoms. The first-order chi connectivity index (χ1) is 13.3. The van der Waals surface area contributed by atoms with Crippen LogP contribution in [0, 0.1) is 11.6 Å². The second kappa shape index (κ2) is 8.21. The lowest BCUT2D eigenvalue weighted by molar-refractivity contribution is 0.0729. The van der Waals surface area contributed by atoms with E-state index < -0.39 is 33.1 Å². The maximum atomic E-state index is 13.8. The van der Waals surface area contributed by atoms with E-state index in [1.54, 1.807) is 0 Å². The van der Waals surface area contributed by atoms with Gasteiger partial charge in [0.25, 0.3) is 5.91 Å². The number of halogens is 2. The number of hydrogen-bond acceptors (Lipinski definition) is 5. The summed E-state index contributed by atoms with van der Waals surface area (Å²) >= 11 is 0. The summed E-state index contributed by atoms with van der Waals surface area (Å²) in [7, 11) is -2.57. The van der Waals surface area contributed by atoms with E-state index in [0.717, 1.165) is 18.2 Å². The summed E-state index contributed by atoms with van der Waals surface area (Å²) in [6.07, 6.45) is 0. The number of rotatable bonds is 5. The molecule has 0 bridgehead atoms. The maximum Gasteiger partial charge on any atom is 0.258 e. The molecule has 0 radical (unpaired) electrons. The Hall–Kier alpha value is -2.56. The highest BCUT2D eigenvalue weighted by molar-refractivity contribution is 7.89. The van der Waals surface area contributed by atoms with Crippen LogP contribution >= 0.6 is 0 Å². The summed E-state index contributed by atoms with van der Waals surface area (Å²) in [5.74, 6) is -2.47. The zero-order chi connectivity index (χ0) is 20.3. The van der Waals surface area contributed by atoms with Crippen LogP contribution in [0.15, 0.2) is 41.3 Å². The van der Waals surface area contributed by atoms with Crippen molar-refractivity contribution in [2.45, 2.75) is 4.90 Å². The van der Waals surface area contributed by atoms with Gasteiger partial charge in [-0.2, -0.15) is 4.31 Å². The van der Waals surface area contributed by atoms with Crippen LogP contribution in [0.4, 0.5) is 14.5 Å². The first-order valence-corrected chi connectivity index (χ1v) is 9.79. The van der Waals surface area contributed by atoms with Crippen LogP contribution in [0.25, 0.3) is 0 Å². The molecule has 150 valence electrons. The van der Waals surface area contributed by atoms with Crippen molar-refractivity contribution in [3.8, 4) is 5.75 Å². The maximum absolute atomic E-state index is 13.8. The molecule has 0 saturated carbocycles. The Morgan fingerprint density at radius 3 is 2.54 bits per heavy atom. The topological polar surface area (TPSA) is 84.9 Å². The predicted octanol–water partition coefficient (Wildman–Crippen LogP) is 2.25. The van der Waals surface area contributed by atoms with Gasteiger partial charge in [-0.25, -0.2) is 17.2 Å². The molecule has 2 aromatic carbocycles. The molecule has 2 aromatic rings. The van der Waals surface area contributed by atoms with Gasteiger partial charge < -0.3 is 14.8 Å². The van der Waals surface area contributed by atoms with Gasteiger partial charge in [0, 0.05) is 18.8 Å². The molecule has 1 aliphatic rings. The Balaban J connectivity index is 1.92. The lowest BCUT2D eigenvalue weighted by Gasteiger charge is -2.26. The molecule has 3 rings (SSSR count). The monoisotopic (exact) mass is 412 g/mol. The van der Waals surface area contributed by atoms with Gasteiger partial charge in [0.1, 0.15) is 22.3 Å². The fraction of sp³-hybridized carbons (Fsp3) is 0.278. The number of anilines is 1. The van der Waals surface area contributed by atoms with Crippen molar-refractivity contribution >= 4 is 21.6 Å². The van der Waals surface area contributed by atoms with E-state index in [1.165, 1.54) is 29.6 Å². The number of nitrogens with zero attached hydrogens (tertiary/aromatic N) is 1. The minimum Gasteiger partial charge on any atom is -0.495 e. The van der Waals surface area contributed by atoms with Gasteiger partial charge in [-0.15, -0.1) is 0 Å². The van der Waals surface area contributed by atoms with Gasteiger partial charge in [-0.05, 0) is 36.4 Å². The highest BCUT2D eigenvalue weighted by Gasteiger charge is 2.29. The summed E-state index contributed by atoms with van der Waals surface area (Å²) in [4.78, 5) is 12.1. The lowest BCUT2D eigenvalue weighted by atomic mass is 10.2. The van der Waals surface area contributed by atoms with E-state index in [2.05, 4.69) is 5.32 Å². The summed E-state index contributed by atoms with van der Waals surface area (Å²) in [6, 6.07) is 6.51. The average molecular weight is 412 g/mol. The molecule has 0 atom stereocenters. The third-order valence-electron chi connectivity index (χ3n) is 4.18. The summed E-state index contributed by atoms with van der Waals surface area (Å²) in [6.45, 7) is 0.931. The largest absolute Gasteiger partial charge is 0.495 e. The molecule has 1 heterocycles. The number of morpholine rings is 1. The zero-order valence-corrected chi connectivity index (χ0v) is 15.8. The molecule has 1 saturated heterocycles. The van der Waals surface area contributed by atoms with Crippen molar-refractivity contribution in [2.75, 3.05) is 38.7 Å². The standard InChI is InChI=1S/C18H18F2N2O5S/c1-26-16-5-3-13(21-18(23)14-10-12(19)2-4-15(14)20)11-17(16)28(24,25)22-6-8-27-9-7-22/h2-5,10-11H,6-9H2,1H3,(H,21,23). The molecule has 0 aliphatic carbocycles. The van der Waals surface area contributed by atoms with E-state index in [0.29, 0.717) is 0 Å². The van der Waals surface area contributed by atoms with Gasteiger partial charge in [0.15, 0.2) is 0 Å². The van der Waals surface area contributed by atoms with Crippen molar-refractivity contribution in [1.29, 1.82) is 0 Å². The molecular weight excluding hydrogens is 394 g/mol. The average Bonchev–Trinajstić information content (AvgIpc) is 2.70. The molecule has 0 spiro atoms. The number of sulfonamides is 1. The quantitative estimate of drug-likeness (QED) is 0.814. The van der Waals surface area contributed by atoms with Crippen LogP contribution in [-0.4, -0.2) is 52.0 Å². The number of carbonyl (C=O) groups is 1. The number of benzene rings is 2. The van der Waals surface area contributed by atoms with Crippen LogP contribution in [0.5, 0.6) is 5.75 Å². The van der Waals surface area contributed by atoms with Gasteiger partial charge >= 0.3 is 0 Å². The molecule has 10 heteroatoms. The van der Waals surface area contributed by atoms with Gasteiger partial charge in [-0.1, -0.05) is 0 Å². The number of ether oxygens (including phenoxy) is 2. The Morgan fingerprint density at radius 2 is 1.86 bits per heavy atom. The van der Waals surface area contributed by atoms with E-state index in [4.69, 9.17) is 9.47 Å². The van der Waals surface area contributed by atoms with Crippen LogP contribution in [0.3, 0.4) is 0 Å². The van der Waals surface area contributed by atoms with Crippen molar-refractivity contribution in [3.63, 3.8) is 0 Å².